The van der Waals surface area contributed by atoms with Crippen LogP contribution in [0, 0.1) is 6.92 Å². The first-order chi connectivity index (χ1) is 14.0. The van der Waals surface area contributed by atoms with Crippen LogP contribution in [0.2, 0.25) is 5.02 Å². The number of amides is 2. The zero-order valence-corrected chi connectivity index (χ0v) is 17.5. The van der Waals surface area contributed by atoms with Crippen molar-refractivity contribution < 1.29 is 9.59 Å². The second-order valence-corrected chi connectivity index (χ2v) is 8.33. The van der Waals surface area contributed by atoms with E-state index in [-0.39, 0.29) is 11.8 Å². The summed E-state index contributed by atoms with van der Waals surface area (Å²) in [5, 5.41) is 1.42. The molecule has 0 unspecified atom stereocenters. The molecule has 5 nitrogen and oxygen atoms in total. The molecule has 0 N–H and O–H groups in total. The van der Waals surface area contributed by atoms with Crippen LogP contribution in [0.25, 0.3) is 10.6 Å². The van der Waals surface area contributed by atoms with E-state index in [1.54, 1.807) is 9.80 Å². The number of thiazole rings is 1. The molecular weight excluding hydrogens is 406 g/mol. The molecule has 7 heteroatoms. The molecule has 4 rings (SSSR count). The molecular formula is C22H20ClN3O2S. The number of aromatic nitrogens is 1. The van der Waals surface area contributed by atoms with Crippen molar-refractivity contribution in [1.82, 2.24) is 14.8 Å². The van der Waals surface area contributed by atoms with Crippen LogP contribution in [0.1, 0.15) is 25.7 Å². The quantitative estimate of drug-likeness (QED) is 0.626. The van der Waals surface area contributed by atoms with Gasteiger partial charge in [0, 0.05) is 42.3 Å². The summed E-state index contributed by atoms with van der Waals surface area (Å²) in [5.74, 6) is -0.0185. The Morgan fingerprint density at radius 2 is 1.59 bits per heavy atom. The van der Waals surface area contributed by atoms with Gasteiger partial charge < -0.3 is 9.80 Å². The zero-order chi connectivity index (χ0) is 20.4. The molecule has 0 aliphatic carbocycles. The van der Waals surface area contributed by atoms with E-state index in [0.29, 0.717) is 41.6 Å². The first-order valence-corrected chi connectivity index (χ1v) is 10.6. The van der Waals surface area contributed by atoms with Crippen molar-refractivity contribution in [3.05, 3.63) is 75.8 Å². The number of hydrogen-bond donors (Lipinski definition) is 0. The van der Waals surface area contributed by atoms with E-state index < -0.39 is 0 Å². The summed E-state index contributed by atoms with van der Waals surface area (Å²) in [4.78, 5) is 34.5. The number of carbonyl (C=O) groups is 2. The third-order valence-corrected chi connectivity index (χ3v) is 6.37. The minimum atomic E-state index is -0.0277. The van der Waals surface area contributed by atoms with Crippen molar-refractivity contribution in [3.8, 4) is 10.6 Å². The Balaban J connectivity index is 1.44. The van der Waals surface area contributed by atoms with Gasteiger partial charge in [-0.2, -0.15) is 0 Å². The topological polar surface area (TPSA) is 53.5 Å². The molecule has 2 amide bonds. The SMILES string of the molecule is Cc1nc(-c2cccc(Cl)c2)sc1C(=O)N1CCN(C(=O)c2ccccc2)CC1. The Morgan fingerprint density at radius 3 is 2.24 bits per heavy atom. The fourth-order valence-electron chi connectivity index (χ4n) is 3.36. The van der Waals surface area contributed by atoms with Gasteiger partial charge >= 0.3 is 0 Å². The average Bonchev–Trinajstić information content (AvgIpc) is 3.15. The van der Waals surface area contributed by atoms with E-state index in [0.717, 1.165) is 16.3 Å². The Morgan fingerprint density at radius 1 is 0.931 bits per heavy atom. The van der Waals surface area contributed by atoms with Gasteiger partial charge in [-0.1, -0.05) is 41.9 Å². The molecule has 2 aromatic carbocycles. The van der Waals surface area contributed by atoms with Gasteiger partial charge in [0.2, 0.25) is 0 Å². The van der Waals surface area contributed by atoms with Gasteiger partial charge in [0.1, 0.15) is 9.88 Å². The number of aryl methyl sites for hydroxylation is 1. The van der Waals surface area contributed by atoms with Crippen LogP contribution >= 0.6 is 22.9 Å². The lowest BCUT2D eigenvalue weighted by Crippen LogP contribution is -2.50. The lowest BCUT2D eigenvalue weighted by atomic mass is 10.2. The van der Waals surface area contributed by atoms with Crippen LogP contribution in [-0.2, 0) is 0 Å². The molecule has 0 radical (unpaired) electrons. The van der Waals surface area contributed by atoms with Gasteiger partial charge in [-0.3, -0.25) is 9.59 Å². The molecule has 0 saturated carbocycles. The fraction of sp³-hybridized carbons (Fsp3) is 0.227. The Bertz CT molecular complexity index is 1040. The van der Waals surface area contributed by atoms with E-state index in [1.807, 2.05) is 61.5 Å². The summed E-state index contributed by atoms with van der Waals surface area (Å²) >= 11 is 7.46. The first kappa shape index (κ1) is 19.6. The molecule has 0 atom stereocenters. The average molecular weight is 426 g/mol. The Kier molecular flexibility index (Phi) is 5.65. The lowest BCUT2D eigenvalue weighted by molar-refractivity contribution is 0.0537. The maximum atomic E-state index is 13.0. The molecule has 1 aliphatic rings. The third kappa shape index (κ3) is 4.18. The highest BCUT2D eigenvalue weighted by Crippen LogP contribution is 2.30. The van der Waals surface area contributed by atoms with Crippen molar-refractivity contribution >= 4 is 34.8 Å². The number of benzene rings is 2. The molecule has 148 valence electrons. The maximum Gasteiger partial charge on any atom is 0.265 e. The fourth-order valence-corrected chi connectivity index (χ4v) is 4.58. The number of nitrogens with zero attached hydrogens (tertiary/aromatic N) is 3. The number of rotatable bonds is 3. The number of carbonyl (C=O) groups excluding carboxylic acids is 2. The molecule has 1 aliphatic heterocycles. The number of hydrogen-bond acceptors (Lipinski definition) is 4. The number of halogens is 1. The molecule has 3 aromatic rings. The highest BCUT2D eigenvalue weighted by atomic mass is 35.5. The summed E-state index contributed by atoms with van der Waals surface area (Å²) in [6.45, 7) is 3.94. The van der Waals surface area contributed by atoms with Gasteiger partial charge in [0.15, 0.2) is 0 Å². The van der Waals surface area contributed by atoms with E-state index in [4.69, 9.17) is 11.6 Å². The lowest BCUT2D eigenvalue weighted by Gasteiger charge is -2.34. The predicted molar refractivity (Wildman–Crippen MR) is 116 cm³/mol. The van der Waals surface area contributed by atoms with Gasteiger partial charge in [-0.25, -0.2) is 4.98 Å². The van der Waals surface area contributed by atoms with E-state index in [1.165, 1.54) is 11.3 Å². The van der Waals surface area contributed by atoms with Crippen LogP contribution in [0.15, 0.2) is 54.6 Å². The monoisotopic (exact) mass is 425 g/mol. The molecule has 2 heterocycles. The molecule has 1 fully saturated rings. The highest BCUT2D eigenvalue weighted by Gasteiger charge is 2.27. The second-order valence-electron chi connectivity index (χ2n) is 6.89. The maximum absolute atomic E-state index is 13.0. The minimum absolute atomic E-state index is 0.00918. The predicted octanol–water partition coefficient (Wildman–Crippen LogP) is 4.37. The van der Waals surface area contributed by atoms with E-state index in [2.05, 4.69) is 4.98 Å². The second kappa shape index (κ2) is 8.35. The summed E-state index contributed by atoms with van der Waals surface area (Å²) < 4.78 is 0. The summed E-state index contributed by atoms with van der Waals surface area (Å²) in [6.07, 6.45) is 0. The molecule has 29 heavy (non-hydrogen) atoms. The van der Waals surface area contributed by atoms with Crippen LogP contribution in [0.5, 0.6) is 0 Å². The van der Waals surface area contributed by atoms with Gasteiger partial charge in [0.05, 0.1) is 5.69 Å². The van der Waals surface area contributed by atoms with Crippen LogP contribution in [-0.4, -0.2) is 52.8 Å². The smallest absolute Gasteiger partial charge is 0.265 e. The minimum Gasteiger partial charge on any atom is -0.335 e. The largest absolute Gasteiger partial charge is 0.335 e. The van der Waals surface area contributed by atoms with Crippen molar-refractivity contribution in [1.29, 1.82) is 0 Å². The van der Waals surface area contributed by atoms with Crippen LogP contribution in [0.4, 0.5) is 0 Å². The molecule has 1 saturated heterocycles. The van der Waals surface area contributed by atoms with Crippen LogP contribution in [0.3, 0.4) is 0 Å². The first-order valence-electron chi connectivity index (χ1n) is 9.40. The Labute approximate surface area is 178 Å². The standard InChI is InChI=1S/C22H20ClN3O2S/c1-15-19(29-20(24-15)17-8-5-9-18(23)14-17)22(28)26-12-10-25(11-13-26)21(27)16-6-3-2-4-7-16/h2-9,14H,10-13H2,1H3. The van der Waals surface area contributed by atoms with Crippen molar-refractivity contribution in [2.45, 2.75) is 6.92 Å². The molecule has 0 spiro atoms. The highest BCUT2D eigenvalue weighted by molar-refractivity contribution is 7.17. The van der Waals surface area contributed by atoms with E-state index in [9.17, 15) is 9.59 Å². The number of piperazine rings is 1. The molecule has 0 bridgehead atoms. The normalized spacial score (nSPS) is 14.1. The van der Waals surface area contributed by atoms with Crippen LogP contribution < -0.4 is 0 Å². The van der Waals surface area contributed by atoms with E-state index >= 15 is 0 Å². The molecule has 1 aromatic heterocycles. The summed E-state index contributed by atoms with van der Waals surface area (Å²) in [6, 6.07) is 16.7. The van der Waals surface area contributed by atoms with Gasteiger partial charge in [-0.15, -0.1) is 11.3 Å². The van der Waals surface area contributed by atoms with Gasteiger partial charge in [-0.05, 0) is 31.2 Å². The van der Waals surface area contributed by atoms with Crippen molar-refractivity contribution in [2.75, 3.05) is 26.2 Å². The van der Waals surface area contributed by atoms with Crippen molar-refractivity contribution in [3.63, 3.8) is 0 Å². The third-order valence-electron chi connectivity index (χ3n) is 4.94. The summed E-state index contributed by atoms with van der Waals surface area (Å²) in [5.41, 5.74) is 2.30. The van der Waals surface area contributed by atoms with Crippen molar-refractivity contribution in [2.24, 2.45) is 0 Å². The van der Waals surface area contributed by atoms with Gasteiger partial charge in [0.25, 0.3) is 11.8 Å². The summed E-state index contributed by atoms with van der Waals surface area (Å²) in [7, 11) is 0. The Hall–Kier alpha value is -2.70. The zero-order valence-electron chi connectivity index (χ0n) is 16.0.